The Labute approximate surface area is 251 Å². The molecule has 2 aliphatic rings. The summed E-state index contributed by atoms with van der Waals surface area (Å²) in [6, 6.07) is 11.6. The topological polar surface area (TPSA) is 206 Å². The quantitative estimate of drug-likeness (QED) is 0.0950. The molecule has 3 aromatic rings. The van der Waals surface area contributed by atoms with Gasteiger partial charge in [-0.05, 0) is 94.2 Å². The second-order valence-electron chi connectivity index (χ2n) is 10.2. The molecule has 3 heterocycles. The highest BCUT2D eigenvalue weighted by molar-refractivity contribution is 5.92. The number of rotatable bonds is 10. The molecule has 44 heavy (non-hydrogen) atoms. The number of ether oxygens (including phenoxy) is 1. The Balaban J connectivity index is 0.000000199. The van der Waals surface area contributed by atoms with E-state index in [1.807, 2.05) is 51.2 Å². The van der Waals surface area contributed by atoms with E-state index in [2.05, 4.69) is 56.8 Å². The monoisotopic (exact) mass is 618 g/mol. The maximum Gasteiger partial charge on any atom is 0.414 e. The number of anilines is 4. The molecule has 0 bridgehead atoms. The normalized spacial score (nSPS) is 13.0. The summed E-state index contributed by atoms with van der Waals surface area (Å²) in [4.78, 5) is 44.1. The first-order valence-corrected chi connectivity index (χ1v) is 13.2. The van der Waals surface area contributed by atoms with Crippen LogP contribution in [0.5, 0.6) is 0 Å². The number of nitrogens with one attached hydrogen (secondary N) is 3. The molecule has 0 saturated heterocycles. The van der Waals surface area contributed by atoms with Crippen LogP contribution in [0.15, 0.2) is 48.9 Å². The Morgan fingerprint density at radius 2 is 1.52 bits per heavy atom. The molecule has 0 atom stereocenters. The Morgan fingerprint density at radius 1 is 0.932 bits per heavy atom. The summed E-state index contributed by atoms with van der Waals surface area (Å²) >= 11 is 0. The predicted octanol–water partition coefficient (Wildman–Crippen LogP) is 3.77. The van der Waals surface area contributed by atoms with Gasteiger partial charge in [-0.2, -0.15) is 0 Å². The Kier molecular flexibility index (Phi) is 13.0. The maximum atomic E-state index is 12.1. The van der Waals surface area contributed by atoms with E-state index in [0.29, 0.717) is 25.1 Å². The van der Waals surface area contributed by atoms with Crippen LogP contribution in [-0.2, 0) is 58.9 Å². The van der Waals surface area contributed by atoms with E-state index in [-0.39, 0.29) is 6.09 Å². The Hall–Kier alpha value is -4.62. The van der Waals surface area contributed by atoms with Crippen molar-refractivity contribution in [3.8, 4) is 0 Å². The summed E-state index contributed by atoms with van der Waals surface area (Å²) < 4.78 is 5.38. The molecule has 2 aliphatic heterocycles. The summed E-state index contributed by atoms with van der Waals surface area (Å²) in [5.74, 6) is 0. The van der Waals surface area contributed by atoms with E-state index in [4.69, 9.17) is 15.3 Å². The van der Waals surface area contributed by atoms with Gasteiger partial charge in [0.25, 0.3) is 0 Å². The highest BCUT2D eigenvalue weighted by Gasteiger charge is 2.29. The number of imidazole rings is 1. The van der Waals surface area contributed by atoms with Crippen LogP contribution < -0.4 is 20.4 Å². The van der Waals surface area contributed by atoms with Gasteiger partial charge in [0.1, 0.15) is 5.60 Å². The van der Waals surface area contributed by atoms with Crippen LogP contribution in [0.1, 0.15) is 37.6 Å². The van der Waals surface area contributed by atoms with Crippen LogP contribution in [0.2, 0.25) is 0 Å². The van der Waals surface area contributed by atoms with Crippen molar-refractivity contribution in [2.45, 2.75) is 45.8 Å². The Bertz CT molecular complexity index is 1350. The van der Waals surface area contributed by atoms with Crippen LogP contribution in [0, 0.1) is 0 Å². The zero-order valence-corrected chi connectivity index (χ0v) is 24.2. The second kappa shape index (κ2) is 16.9. The van der Waals surface area contributed by atoms with Crippen molar-refractivity contribution in [2.24, 2.45) is 0 Å². The molecule has 0 saturated carbocycles. The zero-order valence-electron chi connectivity index (χ0n) is 24.2. The molecule has 0 aliphatic carbocycles. The SMILES string of the molecule is CC(C)(C)OC(=O)N1CCc2ccc(NC=O)cc21.O=CNc1ccc2c(c1)N(Cc1cnc[nH]1)CC2.OOOOOOO. The number of benzene rings is 2. The third-order valence-electron chi connectivity index (χ3n) is 6.16. The molecule has 0 spiro atoms. The molecule has 5 N–H and O–H groups in total. The van der Waals surface area contributed by atoms with E-state index in [9.17, 15) is 14.4 Å². The largest absolute Gasteiger partial charge is 0.443 e. The Morgan fingerprint density at radius 3 is 2.07 bits per heavy atom. The lowest BCUT2D eigenvalue weighted by Crippen LogP contribution is -2.35. The van der Waals surface area contributed by atoms with Gasteiger partial charge in [-0.15, -0.1) is 0 Å². The molecule has 1 aromatic heterocycles. The highest BCUT2D eigenvalue weighted by atomic mass is 17.9. The molecule has 17 heteroatoms. The lowest BCUT2D eigenvalue weighted by atomic mass is 10.1. The van der Waals surface area contributed by atoms with Gasteiger partial charge in [0.15, 0.2) is 0 Å². The lowest BCUT2D eigenvalue weighted by Gasteiger charge is -2.25. The minimum absolute atomic E-state index is 0.352. The number of amides is 3. The summed E-state index contributed by atoms with van der Waals surface area (Å²) in [5.41, 5.74) is 6.49. The predicted molar refractivity (Wildman–Crippen MR) is 154 cm³/mol. The number of aromatic amines is 1. The van der Waals surface area contributed by atoms with E-state index in [0.717, 1.165) is 48.6 Å². The van der Waals surface area contributed by atoms with Gasteiger partial charge in [0, 0.05) is 36.3 Å². The van der Waals surface area contributed by atoms with Gasteiger partial charge in [-0.1, -0.05) is 12.1 Å². The maximum absolute atomic E-state index is 12.1. The van der Waals surface area contributed by atoms with Crippen molar-refractivity contribution >= 4 is 41.7 Å². The fourth-order valence-electron chi connectivity index (χ4n) is 4.42. The molecule has 2 aromatic carbocycles. The number of fused-ring (bicyclic) bond motifs is 2. The number of nitrogens with zero attached hydrogens (tertiary/aromatic N) is 3. The van der Waals surface area contributed by atoms with Crippen LogP contribution in [0.4, 0.5) is 27.5 Å². The van der Waals surface area contributed by atoms with Crippen LogP contribution in [-0.4, -0.2) is 58.1 Å². The lowest BCUT2D eigenvalue weighted by molar-refractivity contribution is -0.784. The number of aromatic nitrogens is 2. The second-order valence-corrected chi connectivity index (χ2v) is 10.2. The molecule has 238 valence electrons. The van der Waals surface area contributed by atoms with Crippen LogP contribution in [0.3, 0.4) is 0 Å². The van der Waals surface area contributed by atoms with Crippen molar-refractivity contribution < 1.29 is 54.8 Å². The van der Waals surface area contributed by atoms with E-state index in [1.54, 1.807) is 17.3 Å². The number of carbonyl (C=O) groups is 3. The minimum Gasteiger partial charge on any atom is -0.443 e. The van der Waals surface area contributed by atoms with Crippen LogP contribution in [0.25, 0.3) is 0 Å². The van der Waals surface area contributed by atoms with Crippen molar-refractivity contribution in [3.05, 3.63) is 65.7 Å². The first-order valence-electron chi connectivity index (χ1n) is 13.2. The molecule has 0 fully saturated rings. The molecule has 17 nitrogen and oxygen atoms in total. The van der Waals surface area contributed by atoms with Crippen molar-refractivity contribution in [1.29, 1.82) is 0 Å². The third kappa shape index (κ3) is 10.3. The molecule has 5 rings (SSSR count). The highest BCUT2D eigenvalue weighted by Crippen LogP contribution is 2.33. The van der Waals surface area contributed by atoms with E-state index < -0.39 is 5.60 Å². The number of H-pyrrole nitrogens is 1. The van der Waals surface area contributed by atoms with Gasteiger partial charge >= 0.3 is 6.09 Å². The van der Waals surface area contributed by atoms with Gasteiger partial charge in [-0.3, -0.25) is 14.5 Å². The zero-order chi connectivity index (χ0) is 32.0. The summed E-state index contributed by atoms with van der Waals surface area (Å²) in [6.45, 7) is 7.94. The smallest absolute Gasteiger partial charge is 0.414 e. The first-order chi connectivity index (χ1) is 21.2. The number of carbonyl (C=O) groups excluding carboxylic acids is 3. The molecule has 0 unspecified atom stereocenters. The standard InChI is InChI=1S/C14H18N2O3.C13H14N4O.H2O7/c1-14(2,3)19-13(18)16-7-6-10-4-5-11(15-9-17)8-12(10)16;18-9-16-11-2-1-10-3-4-17(13(10)5-11)7-12-6-14-8-15-12;1-3-5-7-6-4-2/h4-5,8-9H,6-7H2,1-3H3,(H,15,17);1-2,5-6,8-9H,3-4,7H2,(H,14,15)(H,16,18);1-2H. The van der Waals surface area contributed by atoms with Crippen molar-refractivity contribution in [2.75, 3.05) is 33.5 Å². The van der Waals surface area contributed by atoms with Gasteiger partial charge in [0.05, 0.1) is 24.3 Å². The van der Waals surface area contributed by atoms with Crippen LogP contribution >= 0.6 is 0 Å². The molecular weight excluding hydrogens is 584 g/mol. The van der Waals surface area contributed by atoms with Crippen molar-refractivity contribution in [1.82, 2.24) is 9.97 Å². The molecule has 0 radical (unpaired) electrons. The first kappa shape index (κ1) is 33.9. The average molecular weight is 619 g/mol. The van der Waals surface area contributed by atoms with Gasteiger partial charge in [0.2, 0.25) is 12.8 Å². The average Bonchev–Trinajstić information content (AvgIpc) is 3.74. The van der Waals surface area contributed by atoms with E-state index >= 15 is 0 Å². The summed E-state index contributed by atoms with van der Waals surface area (Å²) in [7, 11) is 0. The summed E-state index contributed by atoms with van der Waals surface area (Å²) in [5, 5.41) is 34.8. The number of hydrogen-bond donors (Lipinski definition) is 5. The van der Waals surface area contributed by atoms with Gasteiger partial charge < -0.3 is 25.3 Å². The van der Waals surface area contributed by atoms with Gasteiger partial charge in [-0.25, -0.2) is 20.3 Å². The van der Waals surface area contributed by atoms with E-state index in [1.165, 1.54) is 11.3 Å². The number of hydrogen-bond acceptors (Lipinski definition) is 13. The molecule has 3 amide bonds. The molecular formula is C27H34N6O11. The fraction of sp³-hybridized carbons (Fsp3) is 0.333. The van der Waals surface area contributed by atoms with Crippen molar-refractivity contribution in [3.63, 3.8) is 0 Å². The summed E-state index contributed by atoms with van der Waals surface area (Å²) in [6.07, 6.45) is 6.35. The fourth-order valence-corrected chi connectivity index (χ4v) is 4.42. The minimum atomic E-state index is -0.515. The third-order valence-corrected chi connectivity index (χ3v) is 6.16.